The molecule has 1 rings (SSSR count). The summed E-state index contributed by atoms with van der Waals surface area (Å²) in [5, 5.41) is 14.9. The first-order chi connectivity index (χ1) is 9.81. The largest absolute Gasteiger partial charge is 0.396 e. The van der Waals surface area contributed by atoms with Gasteiger partial charge in [-0.25, -0.2) is 4.79 Å². The summed E-state index contributed by atoms with van der Waals surface area (Å²) < 4.78 is 5.12. The molecule has 5 heteroatoms. The minimum absolute atomic E-state index is 0.0112. The summed E-state index contributed by atoms with van der Waals surface area (Å²) in [6.45, 7) is 8.15. The van der Waals surface area contributed by atoms with E-state index in [0.717, 1.165) is 16.8 Å². The number of benzene rings is 1. The molecule has 5 nitrogen and oxygen atoms in total. The highest BCUT2D eigenvalue weighted by molar-refractivity contribution is 5.91. The predicted molar refractivity (Wildman–Crippen MR) is 84.8 cm³/mol. The zero-order valence-corrected chi connectivity index (χ0v) is 13.5. The molecule has 0 fully saturated rings. The Morgan fingerprint density at radius 3 is 2.33 bits per heavy atom. The first kappa shape index (κ1) is 17.5. The maximum Gasteiger partial charge on any atom is 0.319 e. The molecule has 1 atom stereocenters. The average Bonchev–Trinajstić information content (AvgIpc) is 2.34. The van der Waals surface area contributed by atoms with Crippen molar-refractivity contribution < 1.29 is 14.6 Å². The fraction of sp³-hybridized carbons (Fsp3) is 0.562. The molecular formula is C16H26N2O3. The third-order valence-corrected chi connectivity index (χ3v) is 3.46. The van der Waals surface area contributed by atoms with Gasteiger partial charge in [0.25, 0.3) is 0 Å². The number of aryl methyl sites for hydroxylation is 3. The van der Waals surface area contributed by atoms with Crippen LogP contribution in [0, 0.1) is 20.8 Å². The lowest BCUT2D eigenvalue weighted by molar-refractivity contribution is 0.104. The van der Waals surface area contributed by atoms with Crippen LogP contribution >= 0.6 is 0 Å². The number of amides is 2. The average molecular weight is 294 g/mol. The van der Waals surface area contributed by atoms with Gasteiger partial charge in [0.15, 0.2) is 0 Å². The Balaban J connectivity index is 2.82. The van der Waals surface area contributed by atoms with Crippen LogP contribution < -0.4 is 10.6 Å². The van der Waals surface area contributed by atoms with Gasteiger partial charge in [-0.05, 0) is 45.2 Å². The highest BCUT2D eigenvalue weighted by atomic mass is 16.5. The molecule has 118 valence electrons. The van der Waals surface area contributed by atoms with E-state index >= 15 is 0 Å². The molecule has 0 spiro atoms. The van der Waals surface area contributed by atoms with E-state index in [1.54, 1.807) is 7.11 Å². The third kappa shape index (κ3) is 5.02. The number of nitrogens with one attached hydrogen (secondary N) is 2. The lowest BCUT2D eigenvalue weighted by atomic mass is 10.00. The van der Waals surface area contributed by atoms with E-state index in [2.05, 4.69) is 10.6 Å². The molecule has 3 N–H and O–H groups in total. The highest BCUT2D eigenvalue weighted by Crippen LogP contribution is 2.22. The number of aliphatic hydroxyl groups is 1. The Hall–Kier alpha value is -1.59. The summed E-state index contributed by atoms with van der Waals surface area (Å²) in [6.07, 6.45) is 0.431. The smallest absolute Gasteiger partial charge is 0.319 e. The Morgan fingerprint density at radius 1 is 1.29 bits per heavy atom. The summed E-state index contributed by atoms with van der Waals surface area (Å²) >= 11 is 0. The number of ether oxygens (including phenoxy) is 1. The van der Waals surface area contributed by atoms with Crippen LogP contribution in [0.15, 0.2) is 12.1 Å². The second-order valence-electron chi connectivity index (χ2n) is 5.82. The summed E-state index contributed by atoms with van der Waals surface area (Å²) in [6, 6.07) is 3.77. The van der Waals surface area contributed by atoms with Gasteiger partial charge in [-0.15, -0.1) is 0 Å². The molecule has 0 bridgehead atoms. The van der Waals surface area contributed by atoms with Gasteiger partial charge in [-0.1, -0.05) is 17.7 Å². The summed E-state index contributed by atoms with van der Waals surface area (Å²) in [5.41, 5.74) is 3.44. The standard InChI is InChI=1S/C16H26N2O3/c1-11-8-12(2)14(13(3)9-11)17-15(20)18-16(4,6-7-19)10-21-5/h8-9,19H,6-7,10H2,1-5H3,(H2,17,18,20). The van der Waals surface area contributed by atoms with Crippen LogP contribution in [-0.4, -0.2) is 37.0 Å². The van der Waals surface area contributed by atoms with Gasteiger partial charge in [0, 0.05) is 19.4 Å². The van der Waals surface area contributed by atoms with Gasteiger partial charge < -0.3 is 20.5 Å². The van der Waals surface area contributed by atoms with Crippen molar-refractivity contribution in [3.05, 3.63) is 28.8 Å². The van der Waals surface area contributed by atoms with E-state index in [1.165, 1.54) is 5.56 Å². The SMILES string of the molecule is COCC(C)(CCO)NC(=O)Nc1c(C)cc(C)cc1C. The minimum atomic E-state index is -0.597. The Bertz CT molecular complexity index is 471. The van der Waals surface area contributed by atoms with Gasteiger partial charge in [0.05, 0.1) is 12.1 Å². The van der Waals surface area contributed by atoms with Gasteiger partial charge in [-0.2, -0.15) is 0 Å². The molecule has 1 aromatic rings. The summed E-state index contributed by atoms with van der Waals surface area (Å²) in [5.74, 6) is 0. The first-order valence-electron chi connectivity index (χ1n) is 7.08. The van der Waals surface area contributed by atoms with Crippen molar-refractivity contribution in [2.45, 2.75) is 39.7 Å². The number of hydrogen-bond donors (Lipinski definition) is 3. The van der Waals surface area contributed by atoms with Gasteiger partial charge in [0.2, 0.25) is 0 Å². The van der Waals surface area contributed by atoms with Crippen molar-refractivity contribution in [2.24, 2.45) is 0 Å². The number of urea groups is 1. The molecule has 0 saturated heterocycles. The Kier molecular flexibility index (Phi) is 6.18. The first-order valence-corrected chi connectivity index (χ1v) is 7.08. The lowest BCUT2D eigenvalue weighted by Crippen LogP contribution is -2.51. The number of carbonyl (C=O) groups is 1. The molecule has 1 unspecified atom stereocenters. The number of carbonyl (C=O) groups excluding carboxylic acids is 1. The number of hydrogen-bond acceptors (Lipinski definition) is 3. The van der Waals surface area contributed by atoms with E-state index in [-0.39, 0.29) is 12.6 Å². The Morgan fingerprint density at radius 2 is 1.86 bits per heavy atom. The van der Waals surface area contributed by atoms with Gasteiger partial charge in [-0.3, -0.25) is 0 Å². The number of rotatable bonds is 6. The maximum atomic E-state index is 12.2. The topological polar surface area (TPSA) is 70.6 Å². The van der Waals surface area contributed by atoms with Gasteiger partial charge >= 0.3 is 6.03 Å². The monoisotopic (exact) mass is 294 g/mol. The number of anilines is 1. The highest BCUT2D eigenvalue weighted by Gasteiger charge is 2.26. The van der Waals surface area contributed by atoms with E-state index in [4.69, 9.17) is 9.84 Å². The van der Waals surface area contributed by atoms with Crippen LogP contribution in [0.3, 0.4) is 0 Å². The van der Waals surface area contributed by atoms with Crippen molar-refractivity contribution in [2.75, 3.05) is 25.6 Å². The molecule has 2 amide bonds. The predicted octanol–water partition coefficient (Wildman–Crippen LogP) is 2.52. The molecule has 0 radical (unpaired) electrons. The zero-order chi connectivity index (χ0) is 16.0. The van der Waals surface area contributed by atoms with E-state index < -0.39 is 5.54 Å². The van der Waals surface area contributed by atoms with Crippen molar-refractivity contribution in [1.82, 2.24) is 5.32 Å². The maximum absolute atomic E-state index is 12.2. The summed E-state index contributed by atoms with van der Waals surface area (Å²) in [4.78, 5) is 12.2. The molecule has 0 saturated carbocycles. The van der Waals surface area contributed by atoms with Crippen molar-refractivity contribution in [3.63, 3.8) is 0 Å². The third-order valence-electron chi connectivity index (χ3n) is 3.46. The number of aliphatic hydroxyl groups excluding tert-OH is 1. The van der Waals surface area contributed by atoms with Crippen LogP contribution in [0.4, 0.5) is 10.5 Å². The zero-order valence-electron chi connectivity index (χ0n) is 13.5. The molecular weight excluding hydrogens is 268 g/mol. The van der Waals surface area contributed by atoms with Crippen LogP contribution in [-0.2, 0) is 4.74 Å². The van der Waals surface area contributed by atoms with Gasteiger partial charge in [0.1, 0.15) is 0 Å². The second kappa shape index (κ2) is 7.43. The normalized spacial score (nSPS) is 13.6. The van der Waals surface area contributed by atoms with Crippen LogP contribution in [0.2, 0.25) is 0 Å². The minimum Gasteiger partial charge on any atom is -0.396 e. The van der Waals surface area contributed by atoms with Crippen LogP contribution in [0.5, 0.6) is 0 Å². The molecule has 0 aromatic heterocycles. The molecule has 0 aliphatic carbocycles. The van der Waals surface area contributed by atoms with E-state index in [1.807, 2.05) is 39.8 Å². The fourth-order valence-electron chi connectivity index (χ4n) is 2.53. The number of methoxy groups -OCH3 is 1. The second-order valence-corrected chi connectivity index (χ2v) is 5.82. The fourth-order valence-corrected chi connectivity index (χ4v) is 2.53. The molecule has 0 aliphatic rings. The van der Waals surface area contributed by atoms with Crippen molar-refractivity contribution >= 4 is 11.7 Å². The molecule has 0 heterocycles. The summed E-state index contributed by atoms with van der Waals surface area (Å²) in [7, 11) is 1.57. The van der Waals surface area contributed by atoms with E-state index in [9.17, 15) is 4.79 Å². The van der Waals surface area contributed by atoms with Crippen LogP contribution in [0.1, 0.15) is 30.0 Å². The molecule has 21 heavy (non-hydrogen) atoms. The van der Waals surface area contributed by atoms with Crippen molar-refractivity contribution in [1.29, 1.82) is 0 Å². The molecule has 0 aliphatic heterocycles. The molecule has 1 aromatic carbocycles. The van der Waals surface area contributed by atoms with Crippen molar-refractivity contribution in [3.8, 4) is 0 Å². The lowest BCUT2D eigenvalue weighted by Gasteiger charge is -2.29. The Labute approximate surface area is 126 Å². The quantitative estimate of drug-likeness (QED) is 0.755. The van der Waals surface area contributed by atoms with Crippen LogP contribution in [0.25, 0.3) is 0 Å². The van der Waals surface area contributed by atoms with E-state index in [0.29, 0.717) is 13.0 Å².